The standard InChI is InChI=1S/C20H31N5O2/c1-13(2)10-17-22-18-14(6-7-21-20(18)27)19(23-17)25-11-15(16(26)12-25)24-8-4-3-5-9-24/h13,15-16,26H,3-12H2,1-2H3,(H,21,27)/t15-,16-/m0/s1. The Morgan fingerprint density at radius 1 is 1.19 bits per heavy atom. The molecule has 0 saturated carbocycles. The second kappa shape index (κ2) is 7.72. The summed E-state index contributed by atoms with van der Waals surface area (Å²) in [5.41, 5.74) is 1.47. The molecule has 2 fully saturated rings. The van der Waals surface area contributed by atoms with E-state index in [0.717, 1.165) is 49.7 Å². The molecule has 2 atom stereocenters. The van der Waals surface area contributed by atoms with Crippen molar-refractivity contribution < 1.29 is 9.90 Å². The van der Waals surface area contributed by atoms with Crippen LogP contribution < -0.4 is 10.2 Å². The number of amides is 1. The van der Waals surface area contributed by atoms with E-state index in [-0.39, 0.29) is 18.1 Å². The first-order valence-corrected chi connectivity index (χ1v) is 10.4. The summed E-state index contributed by atoms with van der Waals surface area (Å²) < 4.78 is 0. The fourth-order valence-electron chi connectivity index (χ4n) is 4.59. The van der Waals surface area contributed by atoms with Crippen molar-refractivity contribution in [1.29, 1.82) is 0 Å². The van der Waals surface area contributed by atoms with Crippen LogP contribution in [0.4, 0.5) is 5.82 Å². The Kier molecular flexibility index (Phi) is 5.32. The Hall–Kier alpha value is -1.73. The van der Waals surface area contributed by atoms with Crippen molar-refractivity contribution in [2.45, 2.75) is 58.1 Å². The summed E-state index contributed by atoms with van der Waals surface area (Å²) in [7, 11) is 0. The fourth-order valence-corrected chi connectivity index (χ4v) is 4.59. The molecule has 27 heavy (non-hydrogen) atoms. The van der Waals surface area contributed by atoms with Crippen molar-refractivity contribution in [3.8, 4) is 0 Å². The summed E-state index contributed by atoms with van der Waals surface area (Å²) in [6, 6.07) is 0.155. The number of piperidine rings is 1. The number of nitrogens with zero attached hydrogens (tertiary/aromatic N) is 4. The van der Waals surface area contributed by atoms with Gasteiger partial charge in [-0.1, -0.05) is 20.3 Å². The third-order valence-electron chi connectivity index (χ3n) is 5.92. The molecule has 3 aliphatic rings. The smallest absolute Gasteiger partial charge is 0.270 e. The maximum absolute atomic E-state index is 12.4. The summed E-state index contributed by atoms with van der Waals surface area (Å²) in [6.45, 7) is 8.37. The van der Waals surface area contributed by atoms with Crippen molar-refractivity contribution >= 4 is 11.7 Å². The van der Waals surface area contributed by atoms with Crippen LogP contribution in [0.3, 0.4) is 0 Å². The van der Waals surface area contributed by atoms with Gasteiger partial charge in [0, 0.05) is 31.6 Å². The van der Waals surface area contributed by atoms with E-state index in [2.05, 4.69) is 33.9 Å². The number of carbonyl (C=O) groups is 1. The number of anilines is 1. The maximum Gasteiger partial charge on any atom is 0.270 e. The van der Waals surface area contributed by atoms with Crippen molar-refractivity contribution in [2.75, 3.05) is 37.6 Å². The first-order chi connectivity index (χ1) is 13.0. The third kappa shape index (κ3) is 3.80. The highest BCUT2D eigenvalue weighted by molar-refractivity contribution is 5.96. The normalized spacial score (nSPS) is 26.4. The number of fused-ring (bicyclic) bond motifs is 1. The number of aliphatic hydroxyl groups excluding tert-OH is 1. The number of rotatable bonds is 4. The minimum absolute atomic E-state index is 0.0998. The van der Waals surface area contributed by atoms with Gasteiger partial charge < -0.3 is 15.3 Å². The molecular weight excluding hydrogens is 342 g/mol. The average molecular weight is 374 g/mol. The lowest BCUT2D eigenvalue weighted by molar-refractivity contribution is 0.0706. The van der Waals surface area contributed by atoms with Crippen LogP contribution in [0.25, 0.3) is 0 Å². The minimum Gasteiger partial charge on any atom is -0.390 e. The molecule has 0 unspecified atom stereocenters. The molecule has 4 rings (SSSR count). The highest BCUT2D eigenvalue weighted by Crippen LogP contribution is 2.30. The molecule has 1 aromatic rings. The number of likely N-dealkylation sites (tertiary alicyclic amines) is 1. The molecule has 0 radical (unpaired) electrons. The number of hydrogen-bond donors (Lipinski definition) is 2. The van der Waals surface area contributed by atoms with Gasteiger partial charge in [-0.05, 0) is 38.3 Å². The Morgan fingerprint density at radius 2 is 1.96 bits per heavy atom. The lowest BCUT2D eigenvalue weighted by Gasteiger charge is -2.33. The van der Waals surface area contributed by atoms with Gasteiger partial charge in [-0.25, -0.2) is 9.97 Å². The maximum atomic E-state index is 12.4. The van der Waals surface area contributed by atoms with Crippen LogP contribution >= 0.6 is 0 Å². The Morgan fingerprint density at radius 3 is 2.70 bits per heavy atom. The van der Waals surface area contributed by atoms with Crippen LogP contribution in [0.15, 0.2) is 0 Å². The number of hydrogen-bond acceptors (Lipinski definition) is 6. The van der Waals surface area contributed by atoms with E-state index in [9.17, 15) is 9.90 Å². The predicted octanol–water partition coefficient (Wildman–Crippen LogP) is 0.996. The Labute approximate surface area is 161 Å². The van der Waals surface area contributed by atoms with Gasteiger partial charge >= 0.3 is 0 Å². The van der Waals surface area contributed by atoms with Crippen molar-refractivity contribution in [3.63, 3.8) is 0 Å². The van der Waals surface area contributed by atoms with E-state index in [1.807, 2.05) is 0 Å². The number of carbonyl (C=O) groups excluding carboxylic acids is 1. The summed E-state index contributed by atoms with van der Waals surface area (Å²) >= 11 is 0. The number of β-amino-alcohol motifs (C(OH)–C–C–N with tert-alkyl or cyclic N) is 1. The van der Waals surface area contributed by atoms with Crippen LogP contribution in [0, 0.1) is 5.92 Å². The molecule has 1 amide bonds. The van der Waals surface area contributed by atoms with Crippen molar-refractivity contribution in [2.24, 2.45) is 5.92 Å². The minimum atomic E-state index is -0.375. The number of nitrogens with one attached hydrogen (secondary N) is 1. The number of aliphatic hydroxyl groups is 1. The van der Waals surface area contributed by atoms with Crippen LogP contribution in [-0.2, 0) is 12.8 Å². The highest BCUT2D eigenvalue weighted by atomic mass is 16.3. The summed E-state index contributed by atoms with van der Waals surface area (Å²) in [4.78, 5) is 26.4. The molecule has 0 bridgehead atoms. The quantitative estimate of drug-likeness (QED) is 0.819. The lowest BCUT2D eigenvalue weighted by Crippen LogP contribution is -2.45. The fraction of sp³-hybridized carbons (Fsp3) is 0.750. The largest absolute Gasteiger partial charge is 0.390 e. The van der Waals surface area contributed by atoms with E-state index in [1.165, 1.54) is 19.3 Å². The van der Waals surface area contributed by atoms with Crippen molar-refractivity contribution in [1.82, 2.24) is 20.2 Å². The molecular formula is C20H31N5O2. The van der Waals surface area contributed by atoms with E-state index in [0.29, 0.717) is 24.7 Å². The SMILES string of the molecule is CC(C)Cc1nc2c(c(N3C[C@H](O)[C@@H](N4CCCCC4)C3)n1)CCNC2=O. The van der Waals surface area contributed by atoms with Crippen LogP contribution in [0.5, 0.6) is 0 Å². The second-order valence-corrected chi connectivity index (χ2v) is 8.53. The molecule has 7 nitrogen and oxygen atoms in total. The molecule has 7 heteroatoms. The molecule has 4 heterocycles. The van der Waals surface area contributed by atoms with Gasteiger partial charge in [-0.3, -0.25) is 9.69 Å². The van der Waals surface area contributed by atoms with E-state index in [1.54, 1.807) is 0 Å². The molecule has 3 aliphatic heterocycles. The average Bonchev–Trinajstić information content (AvgIpc) is 3.04. The first kappa shape index (κ1) is 18.6. The zero-order valence-corrected chi connectivity index (χ0v) is 16.4. The molecule has 2 N–H and O–H groups in total. The van der Waals surface area contributed by atoms with Gasteiger partial charge in [0.05, 0.1) is 12.1 Å². The van der Waals surface area contributed by atoms with E-state index >= 15 is 0 Å². The molecule has 0 aliphatic carbocycles. The lowest BCUT2D eigenvalue weighted by atomic mass is 10.0. The van der Waals surface area contributed by atoms with Gasteiger partial charge in [0.15, 0.2) is 0 Å². The second-order valence-electron chi connectivity index (χ2n) is 8.53. The van der Waals surface area contributed by atoms with Gasteiger partial charge in [-0.2, -0.15) is 0 Å². The monoisotopic (exact) mass is 373 g/mol. The third-order valence-corrected chi connectivity index (χ3v) is 5.92. The summed E-state index contributed by atoms with van der Waals surface area (Å²) in [5.74, 6) is 1.92. The summed E-state index contributed by atoms with van der Waals surface area (Å²) in [6.07, 6.45) is 4.84. The molecule has 1 aromatic heterocycles. The molecule has 148 valence electrons. The first-order valence-electron chi connectivity index (χ1n) is 10.4. The molecule has 0 spiro atoms. The van der Waals surface area contributed by atoms with Gasteiger partial charge in [-0.15, -0.1) is 0 Å². The zero-order chi connectivity index (χ0) is 19.0. The predicted molar refractivity (Wildman–Crippen MR) is 104 cm³/mol. The Bertz CT molecular complexity index is 702. The van der Waals surface area contributed by atoms with Gasteiger partial charge in [0.25, 0.3) is 5.91 Å². The van der Waals surface area contributed by atoms with Crippen LogP contribution in [-0.4, -0.2) is 70.8 Å². The van der Waals surface area contributed by atoms with E-state index < -0.39 is 0 Å². The highest BCUT2D eigenvalue weighted by Gasteiger charge is 2.38. The summed E-state index contributed by atoms with van der Waals surface area (Å²) in [5, 5.41) is 13.6. The number of aromatic nitrogens is 2. The van der Waals surface area contributed by atoms with Gasteiger partial charge in [0.1, 0.15) is 17.3 Å². The Balaban J connectivity index is 1.64. The van der Waals surface area contributed by atoms with Crippen LogP contribution in [0.2, 0.25) is 0 Å². The van der Waals surface area contributed by atoms with E-state index in [4.69, 9.17) is 4.98 Å². The zero-order valence-electron chi connectivity index (χ0n) is 16.4. The topological polar surface area (TPSA) is 81.6 Å². The molecule has 0 aromatic carbocycles. The molecule has 2 saturated heterocycles. The van der Waals surface area contributed by atoms with Crippen molar-refractivity contribution in [3.05, 3.63) is 17.1 Å². The van der Waals surface area contributed by atoms with Gasteiger partial charge in [0.2, 0.25) is 0 Å². The van der Waals surface area contributed by atoms with Crippen LogP contribution in [0.1, 0.15) is 55.0 Å².